The molecule has 12 heavy (non-hydrogen) atoms. The van der Waals surface area contributed by atoms with Crippen LogP contribution in [0.3, 0.4) is 0 Å². The van der Waals surface area contributed by atoms with Gasteiger partial charge in [0.05, 0.1) is 11.1 Å². The van der Waals surface area contributed by atoms with E-state index in [-0.39, 0.29) is 11.9 Å². The summed E-state index contributed by atoms with van der Waals surface area (Å²) in [6.07, 6.45) is 0.102. The SMILES string of the molecule is CC(C)Oc1ccc(Cl)c(O)c1. The van der Waals surface area contributed by atoms with Crippen LogP contribution < -0.4 is 4.74 Å². The molecule has 0 bridgehead atoms. The Morgan fingerprint density at radius 3 is 2.58 bits per heavy atom. The van der Waals surface area contributed by atoms with Crippen molar-refractivity contribution in [1.82, 2.24) is 0 Å². The van der Waals surface area contributed by atoms with E-state index in [9.17, 15) is 5.11 Å². The van der Waals surface area contributed by atoms with Gasteiger partial charge in [0.15, 0.2) is 0 Å². The van der Waals surface area contributed by atoms with Gasteiger partial charge in [-0.25, -0.2) is 0 Å². The van der Waals surface area contributed by atoms with E-state index in [1.807, 2.05) is 13.8 Å². The molecule has 1 aromatic carbocycles. The second-order valence-corrected chi connectivity index (χ2v) is 3.19. The fourth-order valence-electron chi connectivity index (χ4n) is 0.838. The van der Waals surface area contributed by atoms with Crippen molar-refractivity contribution in [1.29, 1.82) is 0 Å². The average molecular weight is 187 g/mol. The van der Waals surface area contributed by atoms with Crippen molar-refractivity contribution < 1.29 is 9.84 Å². The van der Waals surface area contributed by atoms with Crippen molar-refractivity contribution in [3.63, 3.8) is 0 Å². The molecule has 0 saturated carbocycles. The zero-order valence-electron chi connectivity index (χ0n) is 7.04. The van der Waals surface area contributed by atoms with Gasteiger partial charge in [-0.1, -0.05) is 11.6 Å². The molecule has 1 aromatic rings. The number of hydrogen-bond acceptors (Lipinski definition) is 2. The van der Waals surface area contributed by atoms with Crippen LogP contribution in [0.5, 0.6) is 11.5 Å². The van der Waals surface area contributed by atoms with Crippen molar-refractivity contribution >= 4 is 11.6 Å². The number of phenols is 1. The second kappa shape index (κ2) is 3.68. The van der Waals surface area contributed by atoms with Crippen molar-refractivity contribution in [3.8, 4) is 11.5 Å². The van der Waals surface area contributed by atoms with Crippen molar-refractivity contribution in [2.24, 2.45) is 0 Å². The largest absolute Gasteiger partial charge is 0.506 e. The summed E-state index contributed by atoms with van der Waals surface area (Å²) in [7, 11) is 0. The fourth-order valence-corrected chi connectivity index (χ4v) is 0.956. The van der Waals surface area contributed by atoms with Crippen molar-refractivity contribution in [2.45, 2.75) is 20.0 Å². The lowest BCUT2D eigenvalue weighted by Crippen LogP contribution is -2.05. The molecule has 0 amide bonds. The minimum atomic E-state index is 0.0508. The molecule has 1 N–H and O–H groups in total. The highest BCUT2D eigenvalue weighted by molar-refractivity contribution is 6.32. The first-order chi connectivity index (χ1) is 5.59. The smallest absolute Gasteiger partial charge is 0.137 e. The van der Waals surface area contributed by atoms with Gasteiger partial charge in [-0.05, 0) is 26.0 Å². The molecule has 0 aliphatic carbocycles. The average Bonchev–Trinajstić information content (AvgIpc) is 1.96. The third kappa shape index (κ3) is 2.31. The van der Waals surface area contributed by atoms with Gasteiger partial charge in [-0.15, -0.1) is 0 Å². The third-order valence-electron chi connectivity index (χ3n) is 1.29. The van der Waals surface area contributed by atoms with Crippen LogP contribution in [0.4, 0.5) is 0 Å². The molecule has 0 atom stereocenters. The highest BCUT2D eigenvalue weighted by Crippen LogP contribution is 2.27. The molecule has 0 spiro atoms. The Kier molecular flexibility index (Phi) is 2.82. The van der Waals surface area contributed by atoms with Crippen LogP contribution in [-0.2, 0) is 0 Å². The molecule has 66 valence electrons. The molecule has 1 rings (SSSR count). The number of hydrogen-bond donors (Lipinski definition) is 1. The maximum atomic E-state index is 9.20. The third-order valence-corrected chi connectivity index (χ3v) is 1.61. The van der Waals surface area contributed by atoms with Crippen LogP contribution in [0.1, 0.15) is 13.8 Å². The van der Waals surface area contributed by atoms with Crippen molar-refractivity contribution in [2.75, 3.05) is 0 Å². The maximum Gasteiger partial charge on any atom is 0.137 e. The standard InChI is InChI=1S/C9H11ClO2/c1-6(2)12-7-3-4-8(10)9(11)5-7/h3-6,11H,1-2H3. The Morgan fingerprint density at radius 2 is 2.08 bits per heavy atom. The molecule has 0 heterocycles. The number of phenolic OH excluding ortho intramolecular Hbond substituents is 1. The minimum Gasteiger partial charge on any atom is -0.506 e. The first-order valence-electron chi connectivity index (χ1n) is 3.75. The van der Waals surface area contributed by atoms with E-state index in [4.69, 9.17) is 16.3 Å². The van der Waals surface area contributed by atoms with Gasteiger partial charge in [0, 0.05) is 6.07 Å². The lowest BCUT2D eigenvalue weighted by molar-refractivity contribution is 0.241. The molecular formula is C9H11ClO2. The number of ether oxygens (including phenoxy) is 1. The highest BCUT2D eigenvalue weighted by Gasteiger charge is 2.01. The summed E-state index contributed by atoms with van der Waals surface area (Å²) in [6, 6.07) is 4.83. The Bertz CT molecular complexity index is 271. The van der Waals surface area contributed by atoms with Crippen LogP contribution in [0.15, 0.2) is 18.2 Å². The van der Waals surface area contributed by atoms with E-state index in [1.54, 1.807) is 12.1 Å². The van der Waals surface area contributed by atoms with Gasteiger partial charge in [0.25, 0.3) is 0 Å². The van der Waals surface area contributed by atoms with Crippen LogP contribution in [0.2, 0.25) is 5.02 Å². The summed E-state index contributed by atoms with van der Waals surface area (Å²) in [5.41, 5.74) is 0. The Labute approximate surface area is 76.7 Å². The van der Waals surface area contributed by atoms with E-state index in [1.165, 1.54) is 6.07 Å². The summed E-state index contributed by atoms with van der Waals surface area (Å²) < 4.78 is 5.33. The summed E-state index contributed by atoms with van der Waals surface area (Å²) in [6.45, 7) is 3.84. The van der Waals surface area contributed by atoms with Gasteiger partial charge in [0.2, 0.25) is 0 Å². The van der Waals surface area contributed by atoms with Gasteiger partial charge in [-0.3, -0.25) is 0 Å². The maximum absolute atomic E-state index is 9.20. The molecule has 0 aromatic heterocycles. The molecule has 0 unspecified atom stereocenters. The van der Waals surface area contributed by atoms with Gasteiger partial charge >= 0.3 is 0 Å². The highest BCUT2D eigenvalue weighted by atomic mass is 35.5. The summed E-state index contributed by atoms with van der Waals surface area (Å²) >= 11 is 5.61. The molecule has 0 fully saturated rings. The topological polar surface area (TPSA) is 29.5 Å². The Balaban J connectivity index is 2.82. The summed E-state index contributed by atoms with van der Waals surface area (Å²) in [5.74, 6) is 0.682. The molecule has 0 aliphatic heterocycles. The lowest BCUT2D eigenvalue weighted by atomic mass is 10.3. The minimum absolute atomic E-state index is 0.0508. The first-order valence-corrected chi connectivity index (χ1v) is 4.12. The van der Waals surface area contributed by atoms with Crippen LogP contribution in [0.25, 0.3) is 0 Å². The molecular weight excluding hydrogens is 176 g/mol. The second-order valence-electron chi connectivity index (χ2n) is 2.78. The molecule has 3 heteroatoms. The van der Waals surface area contributed by atoms with E-state index >= 15 is 0 Å². The summed E-state index contributed by atoms with van der Waals surface area (Å²) in [4.78, 5) is 0. The number of halogens is 1. The van der Waals surface area contributed by atoms with Crippen LogP contribution in [-0.4, -0.2) is 11.2 Å². The van der Waals surface area contributed by atoms with E-state index in [0.29, 0.717) is 10.8 Å². The van der Waals surface area contributed by atoms with E-state index in [2.05, 4.69) is 0 Å². The molecule has 2 nitrogen and oxygen atoms in total. The predicted molar refractivity (Wildman–Crippen MR) is 48.9 cm³/mol. The number of rotatable bonds is 2. The quantitative estimate of drug-likeness (QED) is 0.770. The van der Waals surface area contributed by atoms with E-state index < -0.39 is 0 Å². The number of benzene rings is 1. The Hall–Kier alpha value is -0.890. The lowest BCUT2D eigenvalue weighted by Gasteiger charge is -2.09. The number of aromatic hydroxyl groups is 1. The normalized spacial score (nSPS) is 10.3. The fraction of sp³-hybridized carbons (Fsp3) is 0.333. The zero-order valence-corrected chi connectivity index (χ0v) is 7.80. The van der Waals surface area contributed by atoms with Gasteiger partial charge in [0.1, 0.15) is 11.5 Å². The molecule has 0 radical (unpaired) electrons. The van der Waals surface area contributed by atoms with Gasteiger partial charge in [-0.2, -0.15) is 0 Å². The van der Waals surface area contributed by atoms with Crippen LogP contribution in [0, 0.1) is 0 Å². The summed E-state index contributed by atoms with van der Waals surface area (Å²) in [5, 5.41) is 9.54. The first kappa shape index (κ1) is 9.20. The van der Waals surface area contributed by atoms with E-state index in [0.717, 1.165) is 0 Å². The van der Waals surface area contributed by atoms with Gasteiger partial charge < -0.3 is 9.84 Å². The molecule has 0 saturated heterocycles. The predicted octanol–water partition coefficient (Wildman–Crippen LogP) is 2.83. The monoisotopic (exact) mass is 186 g/mol. The van der Waals surface area contributed by atoms with Crippen LogP contribution >= 0.6 is 11.6 Å². The Morgan fingerprint density at radius 1 is 1.42 bits per heavy atom. The molecule has 0 aliphatic rings. The zero-order chi connectivity index (χ0) is 9.14. The van der Waals surface area contributed by atoms with Crippen molar-refractivity contribution in [3.05, 3.63) is 23.2 Å².